The third-order valence-corrected chi connectivity index (χ3v) is 5.75. The van der Waals surface area contributed by atoms with Gasteiger partial charge in [0.2, 0.25) is 0 Å². The van der Waals surface area contributed by atoms with Gasteiger partial charge in [-0.3, -0.25) is 4.90 Å². The van der Waals surface area contributed by atoms with E-state index in [0.717, 1.165) is 22.6 Å². The molecule has 0 unspecified atom stereocenters. The van der Waals surface area contributed by atoms with Crippen LogP contribution in [0.1, 0.15) is 44.0 Å². The molecule has 182 valence electrons. The SMILES string of the molecule is COc1ccc([C@H]([C@@H](N=[N+]=[N-])c2ccc(OC)cc2)N2CCN(C(=O)OC(C)(C)C)CC2)cc1. The first kappa shape index (κ1) is 25.2. The second kappa shape index (κ2) is 11.1. The van der Waals surface area contributed by atoms with Gasteiger partial charge in [-0.15, -0.1) is 0 Å². The number of piperazine rings is 1. The number of rotatable bonds is 7. The summed E-state index contributed by atoms with van der Waals surface area (Å²) in [5, 5.41) is 4.21. The van der Waals surface area contributed by atoms with Crippen LogP contribution in [-0.2, 0) is 4.74 Å². The average molecular weight is 468 g/mol. The monoisotopic (exact) mass is 467 g/mol. The molecule has 1 amide bonds. The van der Waals surface area contributed by atoms with E-state index in [0.29, 0.717) is 26.2 Å². The Balaban J connectivity index is 1.90. The van der Waals surface area contributed by atoms with Crippen molar-refractivity contribution in [1.82, 2.24) is 9.80 Å². The van der Waals surface area contributed by atoms with E-state index in [1.165, 1.54) is 0 Å². The lowest BCUT2D eigenvalue weighted by Gasteiger charge is -2.41. The van der Waals surface area contributed by atoms with Gasteiger partial charge >= 0.3 is 6.09 Å². The maximum absolute atomic E-state index is 12.5. The highest BCUT2D eigenvalue weighted by molar-refractivity contribution is 5.68. The van der Waals surface area contributed by atoms with Crippen LogP contribution in [0.25, 0.3) is 10.4 Å². The molecule has 2 aromatic rings. The molecule has 34 heavy (non-hydrogen) atoms. The van der Waals surface area contributed by atoms with Crippen molar-refractivity contribution in [2.75, 3.05) is 40.4 Å². The first-order chi connectivity index (χ1) is 16.3. The van der Waals surface area contributed by atoms with Crippen molar-refractivity contribution in [2.24, 2.45) is 5.11 Å². The number of amides is 1. The molecule has 9 nitrogen and oxygen atoms in total. The number of hydrogen-bond acceptors (Lipinski definition) is 6. The summed E-state index contributed by atoms with van der Waals surface area (Å²) >= 11 is 0. The summed E-state index contributed by atoms with van der Waals surface area (Å²) in [7, 11) is 3.24. The van der Waals surface area contributed by atoms with E-state index in [1.54, 1.807) is 19.1 Å². The normalized spacial score (nSPS) is 16.2. The van der Waals surface area contributed by atoms with Crippen LogP contribution in [0.2, 0.25) is 0 Å². The molecule has 3 rings (SSSR count). The lowest BCUT2D eigenvalue weighted by Crippen LogP contribution is -2.51. The Labute approximate surface area is 200 Å². The summed E-state index contributed by atoms with van der Waals surface area (Å²) in [5.74, 6) is 1.48. The van der Waals surface area contributed by atoms with Gasteiger partial charge in [-0.05, 0) is 61.7 Å². The van der Waals surface area contributed by atoms with Crippen molar-refractivity contribution in [3.05, 3.63) is 70.1 Å². The predicted octanol–water partition coefficient (Wildman–Crippen LogP) is 5.35. The Morgan fingerprint density at radius 3 is 1.85 bits per heavy atom. The van der Waals surface area contributed by atoms with Crippen molar-refractivity contribution < 1.29 is 19.0 Å². The van der Waals surface area contributed by atoms with Crippen LogP contribution >= 0.6 is 0 Å². The van der Waals surface area contributed by atoms with Crippen LogP contribution in [0.4, 0.5) is 4.79 Å². The van der Waals surface area contributed by atoms with Crippen LogP contribution in [0.3, 0.4) is 0 Å². The highest BCUT2D eigenvalue weighted by atomic mass is 16.6. The van der Waals surface area contributed by atoms with Crippen LogP contribution in [-0.4, -0.2) is 61.9 Å². The third kappa shape index (κ3) is 6.34. The lowest BCUT2D eigenvalue weighted by molar-refractivity contribution is 0.00871. The first-order valence-electron chi connectivity index (χ1n) is 11.3. The molecule has 0 N–H and O–H groups in total. The molecule has 1 saturated heterocycles. The number of carbonyl (C=O) groups excluding carboxylic acids is 1. The molecule has 0 aliphatic carbocycles. The Hall–Kier alpha value is -3.42. The zero-order valence-corrected chi connectivity index (χ0v) is 20.5. The molecule has 0 saturated carbocycles. The van der Waals surface area contributed by atoms with Gasteiger partial charge in [0.15, 0.2) is 0 Å². The Bertz CT molecular complexity index is 989. The molecule has 1 fully saturated rings. The smallest absolute Gasteiger partial charge is 0.410 e. The number of azide groups is 1. The van der Waals surface area contributed by atoms with Crippen LogP contribution in [0.15, 0.2) is 53.6 Å². The summed E-state index contributed by atoms with van der Waals surface area (Å²) in [4.78, 5) is 19.7. The molecule has 9 heteroatoms. The van der Waals surface area contributed by atoms with Crippen molar-refractivity contribution >= 4 is 6.09 Å². The fourth-order valence-electron chi connectivity index (χ4n) is 4.07. The molecule has 1 aliphatic heterocycles. The highest BCUT2D eigenvalue weighted by Crippen LogP contribution is 2.39. The van der Waals surface area contributed by atoms with E-state index < -0.39 is 11.6 Å². The van der Waals surface area contributed by atoms with Gasteiger partial charge in [0.05, 0.1) is 20.3 Å². The minimum atomic E-state index is -0.541. The Kier molecular flexibility index (Phi) is 8.26. The van der Waals surface area contributed by atoms with Gasteiger partial charge < -0.3 is 19.1 Å². The van der Waals surface area contributed by atoms with Crippen molar-refractivity contribution in [3.8, 4) is 11.5 Å². The van der Waals surface area contributed by atoms with E-state index in [2.05, 4.69) is 14.9 Å². The Morgan fingerprint density at radius 2 is 1.41 bits per heavy atom. The summed E-state index contributed by atoms with van der Waals surface area (Å²) in [6.07, 6.45) is -0.310. The second-order valence-electron chi connectivity index (χ2n) is 9.14. The van der Waals surface area contributed by atoms with Crippen LogP contribution < -0.4 is 9.47 Å². The minimum absolute atomic E-state index is 0.226. The van der Waals surface area contributed by atoms with Gasteiger partial charge in [-0.25, -0.2) is 4.79 Å². The summed E-state index contributed by atoms with van der Waals surface area (Å²) < 4.78 is 16.1. The number of methoxy groups -OCH3 is 2. The quantitative estimate of drug-likeness (QED) is 0.310. The number of benzene rings is 2. The molecule has 1 aliphatic rings. The fraction of sp³-hybridized carbons (Fsp3) is 0.480. The molecule has 2 aromatic carbocycles. The Morgan fingerprint density at radius 1 is 0.912 bits per heavy atom. The molecular weight excluding hydrogens is 434 g/mol. The van der Waals surface area contributed by atoms with Gasteiger partial charge in [-0.1, -0.05) is 29.4 Å². The van der Waals surface area contributed by atoms with Gasteiger partial charge in [0, 0.05) is 37.1 Å². The zero-order chi connectivity index (χ0) is 24.7. The maximum Gasteiger partial charge on any atom is 0.410 e. The fourth-order valence-corrected chi connectivity index (χ4v) is 4.07. The standard InChI is InChI=1S/C25H33N5O4/c1-25(2,3)34-24(31)30-16-14-29(15-17-30)23(19-8-12-21(33-5)13-9-19)22(27-28-26)18-6-10-20(32-4)11-7-18/h6-13,22-23H,14-17H2,1-5H3/t22-,23+/m0/s1. The van der Waals surface area contributed by atoms with Crippen molar-refractivity contribution in [3.63, 3.8) is 0 Å². The van der Waals surface area contributed by atoms with Gasteiger partial charge in [0.1, 0.15) is 17.1 Å². The molecule has 0 spiro atoms. The molecule has 1 heterocycles. The largest absolute Gasteiger partial charge is 0.497 e. The number of nitrogens with zero attached hydrogens (tertiary/aromatic N) is 5. The zero-order valence-electron chi connectivity index (χ0n) is 20.5. The molecular formula is C25H33N5O4. The summed E-state index contributed by atoms with van der Waals surface area (Å²) in [5.41, 5.74) is 10.8. The van der Waals surface area contributed by atoms with Crippen LogP contribution in [0, 0.1) is 0 Å². The minimum Gasteiger partial charge on any atom is -0.497 e. The van der Waals surface area contributed by atoms with Crippen molar-refractivity contribution in [2.45, 2.75) is 38.5 Å². The predicted molar refractivity (Wildman–Crippen MR) is 130 cm³/mol. The lowest BCUT2D eigenvalue weighted by atomic mass is 9.92. The summed E-state index contributed by atoms with van der Waals surface area (Å²) in [6.45, 7) is 7.86. The average Bonchev–Trinajstić information content (AvgIpc) is 2.83. The van der Waals surface area contributed by atoms with E-state index in [4.69, 9.17) is 14.2 Å². The highest BCUT2D eigenvalue weighted by Gasteiger charge is 2.34. The van der Waals surface area contributed by atoms with Crippen LogP contribution in [0.5, 0.6) is 11.5 Å². The molecule has 0 bridgehead atoms. The van der Waals surface area contributed by atoms with Gasteiger partial charge in [-0.2, -0.15) is 0 Å². The molecule has 0 aromatic heterocycles. The van der Waals surface area contributed by atoms with E-state index in [9.17, 15) is 10.3 Å². The van der Waals surface area contributed by atoms with Gasteiger partial charge in [0.25, 0.3) is 0 Å². The number of hydrogen-bond donors (Lipinski definition) is 0. The second-order valence-corrected chi connectivity index (χ2v) is 9.14. The van der Waals surface area contributed by atoms with E-state index >= 15 is 0 Å². The molecule has 2 atom stereocenters. The third-order valence-electron chi connectivity index (χ3n) is 5.75. The first-order valence-corrected chi connectivity index (χ1v) is 11.3. The van der Waals surface area contributed by atoms with Crippen molar-refractivity contribution in [1.29, 1.82) is 0 Å². The summed E-state index contributed by atoms with van der Waals surface area (Å²) in [6, 6.07) is 14.7. The van der Waals surface area contributed by atoms with E-state index in [1.807, 2.05) is 69.3 Å². The molecule has 0 radical (unpaired) electrons. The maximum atomic E-state index is 12.5. The topological polar surface area (TPSA) is 100 Å². The van der Waals surface area contributed by atoms with E-state index in [-0.39, 0.29) is 12.1 Å². The number of carbonyl (C=O) groups is 1. The number of ether oxygens (including phenoxy) is 3.